The number of aliphatic hydroxyl groups is 1. The van der Waals surface area contributed by atoms with Gasteiger partial charge in [0.05, 0.1) is 5.60 Å². The molecule has 2 unspecified atom stereocenters. The molecule has 1 nitrogen and oxygen atoms in total. The summed E-state index contributed by atoms with van der Waals surface area (Å²) in [6.07, 6.45) is 3.16. The van der Waals surface area contributed by atoms with Gasteiger partial charge in [-0.1, -0.05) is 41.0 Å². The third-order valence-corrected chi connectivity index (χ3v) is 3.14. The van der Waals surface area contributed by atoms with Crippen LogP contribution in [0.25, 0.3) is 0 Å². The Balaban J connectivity index is 4.29. The van der Waals surface area contributed by atoms with Crippen molar-refractivity contribution in [3.8, 4) is 0 Å². The summed E-state index contributed by atoms with van der Waals surface area (Å²) in [4.78, 5) is 0. The predicted molar refractivity (Wildman–Crippen MR) is 54.2 cm³/mol. The van der Waals surface area contributed by atoms with Crippen LogP contribution in [0.5, 0.6) is 0 Å². The lowest BCUT2D eigenvalue weighted by molar-refractivity contribution is -0.0586. The Morgan fingerprint density at radius 2 is 1.67 bits per heavy atom. The van der Waals surface area contributed by atoms with Crippen LogP contribution < -0.4 is 0 Å². The average molecular weight is 172 g/mol. The molecule has 0 radical (unpaired) electrons. The first-order valence-corrected chi connectivity index (χ1v) is 5.21. The molecular weight excluding hydrogens is 148 g/mol. The van der Waals surface area contributed by atoms with Crippen molar-refractivity contribution in [3.05, 3.63) is 0 Å². The van der Waals surface area contributed by atoms with Crippen LogP contribution in [0.3, 0.4) is 0 Å². The summed E-state index contributed by atoms with van der Waals surface area (Å²) < 4.78 is 0. The smallest absolute Gasteiger partial charge is 0.0693 e. The summed E-state index contributed by atoms with van der Waals surface area (Å²) in [6, 6.07) is 0. The van der Waals surface area contributed by atoms with E-state index in [1.54, 1.807) is 0 Å². The standard InChI is InChI=1S/C11H24O/c1-6-8-10(5)11(12,7-2)9(3)4/h9-10,12H,6-8H2,1-5H3. The molecule has 1 heteroatoms. The highest BCUT2D eigenvalue weighted by atomic mass is 16.3. The largest absolute Gasteiger partial charge is 0.389 e. The van der Waals surface area contributed by atoms with Crippen LogP contribution in [-0.4, -0.2) is 10.7 Å². The van der Waals surface area contributed by atoms with E-state index in [0.717, 1.165) is 19.3 Å². The molecule has 0 aliphatic heterocycles. The predicted octanol–water partition coefficient (Wildman–Crippen LogP) is 3.22. The Bertz CT molecular complexity index is 120. The van der Waals surface area contributed by atoms with Crippen molar-refractivity contribution in [1.82, 2.24) is 0 Å². The van der Waals surface area contributed by atoms with Gasteiger partial charge in [0.2, 0.25) is 0 Å². The van der Waals surface area contributed by atoms with Crippen molar-refractivity contribution >= 4 is 0 Å². The zero-order valence-electron chi connectivity index (χ0n) is 9.22. The summed E-state index contributed by atoms with van der Waals surface area (Å²) in [5.41, 5.74) is -0.448. The maximum atomic E-state index is 10.3. The molecule has 0 spiro atoms. The fraction of sp³-hybridized carbons (Fsp3) is 1.00. The molecule has 2 atom stereocenters. The van der Waals surface area contributed by atoms with E-state index in [9.17, 15) is 5.11 Å². The first-order chi connectivity index (χ1) is 5.49. The second-order valence-corrected chi connectivity index (χ2v) is 4.19. The minimum atomic E-state index is -0.448. The summed E-state index contributed by atoms with van der Waals surface area (Å²) in [7, 11) is 0. The van der Waals surface area contributed by atoms with E-state index in [0.29, 0.717) is 11.8 Å². The van der Waals surface area contributed by atoms with E-state index < -0.39 is 5.60 Å². The molecule has 0 aromatic heterocycles. The molecule has 0 fully saturated rings. The molecule has 12 heavy (non-hydrogen) atoms. The van der Waals surface area contributed by atoms with Gasteiger partial charge in [-0.15, -0.1) is 0 Å². The molecule has 0 rings (SSSR count). The highest BCUT2D eigenvalue weighted by Gasteiger charge is 2.34. The Kier molecular flexibility index (Phi) is 4.84. The number of rotatable bonds is 5. The van der Waals surface area contributed by atoms with Crippen LogP contribution in [0, 0.1) is 11.8 Å². The zero-order chi connectivity index (χ0) is 9.78. The zero-order valence-corrected chi connectivity index (χ0v) is 9.22. The summed E-state index contributed by atoms with van der Waals surface area (Å²) in [5, 5.41) is 10.3. The summed E-state index contributed by atoms with van der Waals surface area (Å²) in [6.45, 7) is 10.6. The second-order valence-electron chi connectivity index (χ2n) is 4.19. The third-order valence-electron chi connectivity index (χ3n) is 3.14. The van der Waals surface area contributed by atoms with E-state index in [4.69, 9.17) is 0 Å². The van der Waals surface area contributed by atoms with Crippen molar-refractivity contribution in [2.75, 3.05) is 0 Å². The topological polar surface area (TPSA) is 20.2 Å². The normalized spacial score (nSPS) is 19.2. The van der Waals surface area contributed by atoms with Gasteiger partial charge in [-0.2, -0.15) is 0 Å². The molecule has 0 bridgehead atoms. The molecule has 0 aliphatic rings. The Morgan fingerprint density at radius 1 is 1.17 bits per heavy atom. The minimum absolute atomic E-state index is 0.365. The fourth-order valence-corrected chi connectivity index (χ4v) is 2.01. The SMILES string of the molecule is CCCC(C)C(O)(CC)C(C)C. The molecular formula is C11H24O. The van der Waals surface area contributed by atoms with Gasteiger partial charge in [-0.05, 0) is 24.7 Å². The van der Waals surface area contributed by atoms with Crippen molar-refractivity contribution in [2.24, 2.45) is 11.8 Å². The van der Waals surface area contributed by atoms with Gasteiger partial charge in [0.1, 0.15) is 0 Å². The lowest BCUT2D eigenvalue weighted by Gasteiger charge is -2.37. The van der Waals surface area contributed by atoms with Crippen molar-refractivity contribution in [2.45, 2.75) is 59.5 Å². The molecule has 0 saturated heterocycles. The van der Waals surface area contributed by atoms with Crippen molar-refractivity contribution < 1.29 is 5.11 Å². The van der Waals surface area contributed by atoms with Gasteiger partial charge in [-0.3, -0.25) is 0 Å². The number of hydrogen-bond acceptors (Lipinski definition) is 1. The van der Waals surface area contributed by atoms with Crippen LogP contribution in [0.2, 0.25) is 0 Å². The second kappa shape index (κ2) is 4.86. The Labute approximate surface area is 77.2 Å². The fourth-order valence-electron chi connectivity index (χ4n) is 2.01. The highest BCUT2D eigenvalue weighted by molar-refractivity contribution is 4.85. The Hall–Kier alpha value is -0.0400. The van der Waals surface area contributed by atoms with E-state index in [1.165, 1.54) is 0 Å². The summed E-state index contributed by atoms with van der Waals surface area (Å²) in [5.74, 6) is 0.788. The lowest BCUT2D eigenvalue weighted by Crippen LogP contribution is -2.41. The minimum Gasteiger partial charge on any atom is -0.389 e. The quantitative estimate of drug-likeness (QED) is 0.675. The lowest BCUT2D eigenvalue weighted by atomic mass is 9.76. The van der Waals surface area contributed by atoms with Crippen molar-refractivity contribution in [3.63, 3.8) is 0 Å². The summed E-state index contributed by atoms with van der Waals surface area (Å²) >= 11 is 0. The van der Waals surface area contributed by atoms with Crippen LogP contribution in [0.1, 0.15) is 53.9 Å². The van der Waals surface area contributed by atoms with Gasteiger partial charge < -0.3 is 5.11 Å². The van der Waals surface area contributed by atoms with Gasteiger partial charge in [0.25, 0.3) is 0 Å². The van der Waals surface area contributed by atoms with Gasteiger partial charge in [0.15, 0.2) is 0 Å². The van der Waals surface area contributed by atoms with E-state index >= 15 is 0 Å². The van der Waals surface area contributed by atoms with Crippen LogP contribution in [0.15, 0.2) is 0 Å². The molecule has 74 valence electrons. The third kappa shape index (κ3) is 2.48. The molecule has 0 aromatic carbocycles. The number of hydrogen-bond donors (Lipinski definition) is 1. The molecule has 0 saturated carbocycles. The van der Waals surface area contributed by atoms with E-state index in [1.807, 2.05) is 0 Å². The molecule has 0 heterocycles. The maximum Gasteiger partial charge on any atom is 0.0693 e. The van der Waals surface area contributed by atoms with Crippen LogP contribution >= 0.6 is 0 Å². The van der Waals surface area contributed by atoms with Crippen LogP contribution in [0.4, 0.5) is 0 Å². The first kappa shape index (κ1) is 12.0. The monoisotopic (exact) mass is 172 g/mol. The van der Waals surface area contributed by atoms with Gasteiger partial charge in [-0.25, -0.2) is 0 Å². The Morgan fingerprint density at radius 3 is 1.92 bits per heavy atom. The van der Waals surface area contributed by atoms with E-state index in [2.05, 4.69) is 34.6 Å². The maximum absolute atomic E-state index is 10.3. The van der Waals surface area contributed by atoms with Gasteiger partial charge >= 0.3 is 0 Å². The van der Waals surface area contributed by atoms with E-state index in [-0.39, 0.29) is 0 Å². The van der Waals surface area contributed by atoms with Crippen molar-refractivity contribution in [1.29, 1.82) is 0 Å². The van der Waals surface area contributed by atoms with Crippen LogP contribution in [-0.2, 0) is 0 Å². The average Bonchev–Trinajstić information content (AvgIpc) is 2.03. The molecule has 0 aromatic rings. The molecule has 0 aliphatic carbocycles. The molecule has 0 amide bonds. The highest BCUT2D eigenvalue weighted by Crippen LogP contribution is 2.32. The van der Waals surface area contributed by atoms with Gasteiger partial charge in [0, 0.05) is 0 Å². The first-order valence-electron chi connectivity index (χ1n) is 5.21. The molecule has 1 N–H and O–H groups in total.